The van der Waals surface area contributed by atoms with Crippen molar-refractivity contribution in [3.05, 3.63) is 17.0 Å². The number of hydrogen-bond acceptors (Lipinski definition) is 4. The summed E-state index contributed by atoms with van der Waals surface area (Å²) in [6.45, 7) is 6.88. The lowest BCUT2D eigenvalue weighted by atomic mass is 10.2. The lowest BCUT2D eigenvalue weighted by Gasteiger charge is -2.07. The summed E-state index contributed by atoms with van der Waals surface area (Å²) in [7, 11) is -3.29. The molecular weight excluding hydrogens is 276 g/mol. The van der Waals surface area contributed by atoms with Gasteiger partial charge in [0.25, 0.3) is 0 Å². The van der Waals surface area contributed by atoms with Gasteiger partial charge in [0.15, 0.2) is 0 Å². The van der Waals surface area contributed by atoms with Crippen LogP contribution in [0.1, 0.15) is 43.1 Å². The average Bonchev–Trinajstić information content (AvgIpc) is 2.67. The number of unbranched alkanes of at least 4 members (excludes halogenated alkanes) is 2. The summed E-state index contributed by atoms with van der Waals surface area (Å²) in [5, 5.41) is 12.8. The van der Waals surface area contributed by atoms with Crippen molar-refractivity contribution in [3.8, 4) is 6.07 Å². The van der Waals surface area contributed by atoms with Gasteiger partial charge in [-0.3, -0.25) is 4.68 Å². The summed E-state index contributed by atoms with van der Waals surface area (Å²) in [5.74, 6) is 0.0642. The summed E-state index contributed by atoms with van der Waals surface area (Å²) in [6.07, 6.45) is 1.52. The molecule has 0 amide bonds. The Bertz CT molecular complexity index is 584. The van der Waals surface area contributed by atoms with E-state index in [2.05, 4.69) is 9.82 Å². The Balaban J connectivity index is 2.58. The van der Waals surface area contributed by atoms with Gasteiger partial charge in [-0.25, -0.2) is 13.1 Å². The fourth-order valence-corrected chi connectivity index (χ4v) is 3.14. The predicted molar refractivity (Wildman–Crippen MR) is 77.5 cm³/mol. The van der Waals surface area contributed by atoms with Crippen LogP contribution in [0.25, 0.3) is 0 Å². The Morgan fingerprint density at radius 2 is 2.05 bits per heavy atom. The minimum absolute atomic E-state index is 0.0642. The molecule has 0 bridgehead atoms. The van der Waals surface area contributed by atoms with Gasteiger partial charge in [0.2, 0.25) is 10.0 Å². The quantitative estimate of drug-likeness (QED) is 0.739. The second kappa shape index (κ2) is 7.41. The van der Waals surface area contributed by atoms with E-state index in [1.807, 2.05) is 31.5 Å². The van der Waals surface area contributed by atoms with Gasteiger partial charge in [0, 0.05) is 30.8 Å². The number of rotatable bonds is 8. The lowest BCUT2D eigenvalue weighted by Crippen LogP contribution is -2.26. The normalized spacial score (nSPS) is 11.5. The molecule has 1 heterocycles. The zero-order valence-electron chi connectivity index (χ0n) is 12.3. The molecule has 0 aliphatic rings. The molecule has 20 heavy (non-hydrogen) atoms. The van der Waals surface area contributed by atoms with Gasteiger partial charge in [-0.15, -0.1) is 0 Å². The summed E-state index contributed by atoms with van der Waals surface area (Å²) in [4.78, 5) is 0. The summed E-state index contributed by atoms with van der Waals surface area (Å²) >= 11 is 0. The van der Waals surface area contributed by atoms with Crippen LogP contribution in [-0.2, 0) is 23.1 Å². The second-order valence-electron chi connectivity index (χ2n) is 4.72. The maximum absolute atomic E-state index is 11.8. The molecule has 0 aromatic carbocycles. The highest BCUT2D eigenvalue weighted by Gasteiger charge is 2.14. The van der Waals surface area contributed by atoms with Crippen LogP contribution in [0.15, 0.2) is 0 Å². The van der Waals surface area contributed by atoms with Crippen LogP contribution in [0.4, 0.5) is 0 Å². The fourth-order valence-electron chi connectivity index (χ4n) is 2.05. The van der Waals surface area contributed by atoms with E-state index in [0.29, 0.717) is 19.3 Å². The van der Waals surface area contributed by atoms with Crippen molar-refractivity contribution in [1.29, 1.82) is 5.26 Å². The van der Waals surface area contributed by atoms with Crippen LogP contribution < -0.4 is 4.72 Å². The van der Waals surface area contributed by atoms with E-state index in [-0.39, 0.29) is 12.3 Å². The van der Waals surface area contributed by atoms with E-state index in [1.54, 1.807) is 0 Å². The smallest absolute Gasteiger partial charge is 0.211 e. The van der Waals surface area contributed by atoms with Crippen LogP contribution >= 0.6 is 0 Å². The van der Waals surface area contributed by atoms with E-state index in [0.717, 1.165) is 23.5 Å². The van der Waals surface area contributed by atoms with E-state index in [1.165, 1.54) is 0 Å². The largest absolute Gasteiger partial charge is 0.270 e. The molecule has 1 rings (SSSR count). The number of nitrogens with one attached hydrogen (secondary N) is 1. The first-order chi connectivity index (χ1) is 9.41. The molecule has 0 fully saturated rings. The predicted octanol–water partition coefficient (Wildman–Crippen LogP) is 1.63. The first-order valence-electron chi connectivity index (χ1n) is 6.78. The molecule has 1 aromatic rings. The van der Waals surface area contributed by atoms with Crippen molar-refractivity contribution in [2.24, 2.45) is 0 Å². The molecule has 0 atom stereocenters. The van der Waals surface area contributed by atoms with Gasteiger partial charge in [-0.1, -0.05) is 0 Å². The Morgan fingerprint density at radius 1 is 1.35 bits per heavy atom. The number of nitriles is 1. The maximum atomic E-state index is 11.8. The standard InChI is InChI=1S/C13H22N4O2S/c1-4-17-12(3)13(11(2)16-17)10-15-20(18,19)9-7-5-6-8-14/h15H,4-7,9-10H2,1-3H3. The number of aromatic nitrogens is 2. The minimum atomic E-state index is -3.29. The molecule has 112 valence electrons. The molecule has 0 saturated heterocycles. The fraction of sp³-hybridized carbons (Fsp3) is 0.692. The molecule has 1 aromatic heterocycles. The van der Waals surface area contributed by atoms with E-state index in [9.17, 15) is 8.42 Å². The SMILES string of the molecule is CCn1nc(C)c(CNS(=O)(=O)CCCCC#N)c1C. The van der Waals surface area contributed by atoms with Crippen LogP contribution in [-0.4, -0.2) is 24.0 Å². The third-order valence-corrected chi connectivity index (χ3v) is 4.66. The highest BCUT2D eigenvalue weighted by atomic mass is 32.2. The van der Waals surface area contributed by atoms with Crippen LogP contribution in [0.3, 0.4) is 0 Å². The minimum Gasteiger partial charge on any atom is -0.270 e. The van der Waals surface area contributed by atoms with Gasteiger partial charge < -0.3 is 0 Å². The van der Waals surface area contributed by atoms with Gasteiger partial charge in [0.05, 0.1) is 17.5 Å². The molecule has 0 aliphatic heterocycles. The number of nitrogens with zero attached hydrogens (tertiary/aromatic N) is 3. The Morgan fingerprint density at radius 3 is 2.60 bits per heavy atom. The molecule has 0 unspecified atom stereocenters. The third kappa shape index (κ3) is 4.62. The van der Waals surface area contributed by atoms with Gasteiger partial charge >= 0.3 is 0 Å². The topological polar surface area (TPSA) is 87.8 Å². The molecule has 0 aliphatic carbocycles. The molecule has 7 heteroatoms. The molecule has 0 radical (unpaired) electrons. The zero-order valence-corrected chi connectivity index (χ0v) is 13.1. The monoisotopic (exact) mass is 298 g/mol. The molecule has 1 N–H and O–H groups in total. The Hall–Kier alpha value is -1.39. The summed E-state index contributed by atoms with van der Waals surface area (Å²) in [5.41, 5.74) is 2.79. The van der Waals surface area contributed by atoms with Crippen molar-refractivity contribution in [2.75, 3.05) is 5.75 Å². The molecular formula is C13H22N4O2S. The van der Waals surface area contributed by atoms with Gasteiger partial charge in [-0.05, 0) is 33.6 Å². The van der Waals surface area contributed by atoms with Crippen molar-refractivity contribution in [2.45, 2.75) is 53.1 Å². The average molecular weight is 298 g/mol. The first-order valence-corrected chi connectivity index (χ1v) is 8.43. The van der Waals surface area contributed by atoms with Crippen molar-refractivity contribution < 1.29 is 8.42 Å². The lowest BCUT2D eigenvalue weighted by molar-refractivity contribution is 0.576. The van der Waals surface area contributed by atoms with Crippen molar-refractivity contribution in [3.63, 3.8) is 0 Å². The number of aryl methyl sites for hydroxylation is 2. The van der Waals surface area contributed by atoms with Gasteiger partial charge in [-0.2, -0.15) is 10.4 Å². The molecule has 0 spiro atoms. The Labute approximate surface area is 120 Å². The molecule has 6 nitrogen and oxygen atoms in total. The van der Waals surface area contributed by atoms with Gasteiger partial charge in [0.1, 0.15) is 0 Å². The second-order valence-corrected chi connectivity index (χ2v) is 6.65. The first kappa shape index (κ1) is 16.7. The molecule has 0 saturated carbocycles. The summed E-state index contributed by atoms with van der Waals surface area (Å²) in [6, 6.07) is 2.01. The summed E-state index contributed by atoms with van der Waals surface area (Å²) < 4.78 is 28.2. The Kier molecular flexibility index (Phi) is 6.17. The van der Waals surface area contributed by atoms with E-state index in [4.69, 9.17) is 5.26 Å². The van der Waals surface area contributed by atoms with Crippen LogP contribution in [0.2, 0.25) is 0 Å². The maximum Gasteiger partial charge on any atom is 0.211 e. The van der Waals surface area contributed by atoms with Crippen LogP contribution in [0, 0.1) is 25.2 Å². The van der Waals surface area contributed by atoms with E-state index >= 15 is 0 Å². The highest BCUT2D eigenvalue weighted by Crippen LogP contribution is 2.13. The number of hydrogen-bond donors (Lipinski definition) is 1. The van der Waals surface area contributed by atoms with Crippen molar-refractivity contribution >= 4 is 10.0 Å². The third-order valence-electron chi connectivity index (χ3n) is 3.25. The van der Waals surface area contributed by atoms with Crippen LogP contribution in [0.5, 0.6) is 0 Å². The highest BCUT2D eigenvalue weighted by molar-refractivity contribution is 7.89. The number of sulfonamides is 1. The zero-order chi connectivity index (χ0) is 15.2. The van der Waals surface area contributed by atoms with Crippen molar-refractivity contribution in [1.82, 2.24) is 14.5 Å². The van der Waals surface area contributed by atoms with E-state index < -0.39 is 10.0 Å².